The average molecular weight is 433 g/mol. The van der Waals surface area contributed by atoms with Crippen molar-refractivity contribution >= 4 is 17.8 Å². The molecule has 31 heavy (non-hydrogen) atoms. The summed E-state index contributed by atoms with van der Waals surface area (Å²) < 4.78 is 5.09. The molecule has 3 N–H and O–H groups in total. The van der Waals surface area contributed by atoms with Gasteiger partial charge in [-0.15, -0.1) is 0 Å². The number of hydrogen-bond acceptors (Lipinski definition) is 5. The number of piperazine rings is 1. The first-order valence-corrected chi connectivity index (χ1v) is 10.9. The Bertz CT molecular complexity index is 722. The Morgan fingerprint density at radius 2 is 2.03 bits per heavy atom. The molecular formula is C22H36N6O3. The van der Waals surface area contributed by atoms with Gasteiger partial charge in [0, 0.05) is 58.5 Å². The Labute approximate surface area is 185 Å². The highest BCUT2D eigenvalue weighted by atomic mass is 16.5. The van der Waals surface area contributed by atoms with Crippen molar-refractivity contribution in [1.82, 2.24) is 25.8 Å². The normalized spacial score (nSPS) is 14.5. The summed E-state index contributed by atoms with van der Waals surface area (Å²) in [5.41, 5.74) is 1.60. The van der Waals surface area contributed by atoms with E-state index in [0.717, 1.165) is 50.7 Å². The quantitative estimate of drug-likeness (QED) is 0.264. The molecule has 1 fully saturated rings. The van der Waals surface area contributed by atoms with E-state index in [0.29, 0.717) is 25.2 Å². The average Bonchev–Trinajstić information content (AvgIpc) is 2.77. The van der Waals surface area contributed by atoms with E-state index < -0.39 is 0 Å². The summed E-state index contributed by atoms with van der Waals surface area (Å²) in [6, 6.07) is 7.42. The SMILES string of the molecule is CCNC(=NCc1ccc(C(=O)N2CCNC(=O)C2)cc1)NCCN(C)CCCOC. The van der Waals surface area contributed by atoms with Crippen LogP contribution in [0.2, 0.25) is 0 Å². The van der Waals surface area contributed by atoms with Gasteiger partial charge in [0.25, 0.3) is 5.91 Å². The number of likely N-dealkylation sites (N-methyl/N-ethyl adjacent to an activating group) is 1. The Morgan fingerprint density at radius 3 is 2.71 bits per heavy atom. The van der Waals surface area contributed by atoms with Crippen LogP contribution in [0.25, 0.3) is 0 Å². The summed E-state index contributed by atoms with van der Waals surface area (Å²) in [7, 11) is 3.82. The number of nitrogens with zero attached hydrogens (tertiary/aromatic N) is 3. The molecular weight excluding hydrogens is 396 g/mol. The summed E-state index contributed by atoms with van der Waals surface area (Å²) in [5, 5.41) is 9.34. The van der Waals surface area contributed by atoms with Crippen molar-refractivity contribution in [3.05, 3.63) is 35.4 Å². The summed E-state index contributed by atoms with van der Waals surface area (Å²) >= 11 is 0. The van der Waals surface area contributed by atoms with Crippen LogP contribution in [0.3, 0.4) is 0 Å². The van der Waals surface area contributed by atoms with Crippen LogP contribution in [0.1, 0.15) is 29.3 Å². The second kappa shape index (κ2) is 13.6. The molecule has 1 saturated heterocycles. The van der Waals surface area contributed by atoms with Crippen molar-refractivity contribution in [1.29, 1.82) is 0 Å². The first-order chi connectivity index (χ1) is 15.0. The monoisotopic (exact) mass is 432 g/mol. The minimum atomic E-state index is -0.116. The van der Waals surface area contributed by atoms with E-state index in [-0.39, 0.29) is 18.4 Å². The zero-order valence-electron chi connectivity index (χ0n) is 18.9. The molecule has 2 amide bonds. The maximum atomic E-state index is 12.6. The molecule has 1 heterocycles. The fourth-order valence-corrected chi connectivity index (χ4v) is 3.22. The van der Waals surface area contributed by atoms with Crippen molar-refractivity contribution in [2.24, 2.45) is 4.99 Å². The molecule has 0 unspecified atom stereocenters. The van der Waals surface area contributed by atoms with Crippen LogP contribution in [-0.4, -0.2) is 94.2 Å². The summed E-state index contributed by atoms with van der Waals surface area (Å²) in [6.07, 6.45) is 1.02. The van der Waals surface area contributed by atoms with Crippen LogP contribution in [0.15, 0.2) is 29.3 Å². The van der Waals surface area contributed by atoms with Crippen LogP contribution in [0, 0.1) is 0 Å². The standard InChI is InChI=1S/C22H36N6O3/c1-4-23-22(25-10-13-27(2)12-5-15-31-3)26-16-18-6-8-19(9-7-18)21(30)28-14-11-24-20(29)17-28/h6-9H,4-5,10-17H2,1-3H3,(H,24,29)(H2,23,25,26). The molecule has 0 saturated carbocycles. The smallest absolute Gasteiger partial charge is 0.254 e. The Morgan fingerprint density at radius 1 is 1.26 bits per heavy atom. The van der Waals surface area contributed by atoms with E-state index in [1.54, 1.807) is 24.1 Å². The van der Waals surface area contributed by atoms with Gasteiger partial charge in [0.15, 0.2) is 5.96 Å². The molecule has 172 valence electrons. The van der Waals surface area contributed by atoms with Gasteiger partial charge in [-0.2, -0.15) is 0 Å². The second-order valence-electron chi connectivity index (χ2n) is 7.55. The maximum Gasteiger partial charge on any atom is 0.254 e. The predicted octanol–water partition coefficient (Wildman–Crippen LogP) is 0.282. The third-order valence-corrected chi connectivity index (χ3v) is 4.96. The number of amides is 2. The van der Waals surface area contributed by atoms with Crippen LogP contribution in [0.5, 0.6) is 0 Å². The molecule has 9 nitrogen and oxygen atoms in total. The third kappa shape index (κ3) is 8.94. The molecule has 0 aromatic heterocycles. The summed E-state index contributed by atoms with van der Waals surface area (Å²) in [4.78, 5) is 32.5. The number of guanidine groups is 1. The fourth-order valence-electron chi connectivity index (χ4n) is 3.22. The topological polar surface area (TPSA) is 98.3 Å². The number of nitrogens with one attached hydrogen (secondary N) is 3. The minimum Gasteiger partial charge on any atom is -0.385 e. The van der Waals surface area contributed by atoms with Crippen LogP contribution >= 0.6 is 0 Å². The number of aliphatic imine (C=N–C) groups is 1. The van der Waals surface area contributed by atoms with Crippen molar-refractivity contribution in [3.8, 4) is 0 Å². The van der Waals surface area contributed by atoms with E-state index in [1.165, 1.54) is 0 Å². The van der Waals surface area contributed by atoms with Crippen molar-refractivity contribution < 1.29 is 14.3 Å². The Kier molecular flexibility index (Phi) is 10.8. The van der Waals surface area contributed by atoms with Gasteiger partial charge in [0.05, 0.1) is 13.1 Å². The van der Waals surface area contributed by atoms with Gasteiger partial charge in [-0.25, -0.2) is 4.99 Å². The number of ether oxygens (including phenoxy) is 1. The van der Waals surface area contributed by atoms with E-state index in [4.69, 9.17) is 4.74 Å². The lowest BCUT2D eigenvalue weighted by Crippen LogP contribution is -2.49. The van der Waals surface area contributed by atoms with Crippen LogP contribution < -0.4 is 16.0 Å². The molecule has 0 atom stereocenters. The molecule has 1 aliphatic rings. The highest BCUT2D eigenvalue weighted by molar-refractivity contribution is 5.97. The van der Waals surface area contributed by atoms with Crippen molar-refractivity contribution in [3.63, 3.8) is 0 Å². The van der Waals surface area contributed by atoms with Crippen molar-refractivity contribution in [2.45, 2.75) is 19.9 Å². The zero-order chi connectivity index (χ0) is 22.5. The van der Waals surface area contributed by atoms with Gasteiger partial charge in [-0.05, 0) is 38.1 Å². The van der Waals surface area contributed by atoms with E-state index in [9.17, 15) is 9.59 Å². The largest absolute Gasteiger partial charge is 0.385 e. The number of carbonyl (C=O) groups is 2. The van der Waals surface area contributed by atoms with Crippen molar-refractivity contribution in [2.75, 3.05) is 66.6 Å². The first-order valence-electron chi connectivity index (χ1n) is 10.9. The maximum absolute atomic E-state index is 12.6. The predicted molar refractivity (Wildman–Crippen MR) is 122 cm³/mol. The number of hydrogen-bond donors (Lipinski definition) is 3. The summed E-state index contributed by atoms with van der Waals surface area (Å²) in [6.45, 7) is 7.98. The number of methoxy groups -OCH3 is 1. The van der Waals surface area contributed by atoms with E-state index in [2.05, 4.69) is 32.9 Å². The van der Waals surface area contributed by atoms with Gasteiger partial charge in [0.1, 0.15) is 0 Å². The lowest BCUT2D eigenvalue weighted by Gasteiger charge is -2.26. The Balaban J connectivity index is 1.83. The molecule has 0 radical (unpaired) electrons. The lowest BCUT2D eigenvalue weighted by molar-refractivity contribution is -0.123. The van der Waals surface area contributed by atoms with Gasteiger partial charge in [-0.1, -0.05) is 12.1 Å². The highest BCUT2D eigenvalue weighted by Gasteiger charge is 2.22. The molecule has 1 aromatic carbocycles. The molecule has 0 aliphatic carbocycles. The minimum absolute atomic E-state index is 0.115. The first kappa shape index (κ1) is 24.6. The lowest BCUT2D eigenvalue weighted by atomic mass is 10.1. The van der Waals surface area contributed by atoms with Gasteiger partial charge < -0.3 is 30.5 Å². The fraction of sp³-hybridized carbons (Fsp3) is 0.591. The Hall–Kier alpha value is -2.65. The molecule has 0 bridgehead atoms. The van der Waals surface area contributed by atoms with E-state index >= 15 is 0 Å². The second-order valence-corrected chi connectivity index (χ2v) is 7.55. The van der Waals surface area contributed by atoms with Gasteiger partial charge in [0.2, 0.25) is 5.91 Å². The number of rotatable bonds is 11. The van der Waals surface area contributed by atoms with E-state index in [1.807, 2.05) is 19.1 Å². The molecule has 2 rings (SSSR count). The number of carbonyl (C=O) groups excluding carboxylic acids is 2. The molecule has 1 aromatic rings. The van der Waals surface area contributed by atoms with Gasteiger partial charge in [-0.3, -0.25) is 9.59 Å². The summed E-state index contributed by atoms with van der Waals surface area (Å²) in [5.74, 6) is 0.539. The number of benzene rings is 1. The highest BCUT2D eigenvalue weighted by Crippen LogP contribution is 2.10. The van der Waals surface area contributed by atoms with Crippen LogP contribution in [0.4, 0.5) is 0 Å². The van der Waals surface area contributed by atoms with Crippen LogP contribution in [-0.2, 0) is 16.1 Å². The molecule has 1 aliphatic heterocycles. The zero-order valence-corrected chi connectivity index (χ0v) is 18.9. The third-order valence-electron chi connectivity index (χ3n) is 4.96. The molecule has 9 heteroatoms. The van der Waals surface area contributed by atoms with Gasteiger partial charge >= 0.3 is 0 Å². The molecule has 0 spiro atoms.